The quantitative estimate of drug-likeness (QED) is 0.536. The maximum absolute atomic E-state index is 11.1. The fourth-order valence-corrected chi connectivity index (χ4v) is 0.715. The fourth-order valence-electron chi connectivity index (χ4n) is 0.715. The van der Waals surface area contributed by atoms with E-state index in [4.69, 9.17) is 0 Å². The third kappa shape index (κ3) is 1.85. The number of H-pyrrole nitrogens is 2. The van der Waals surface area contributed by atoms with Crippen molar-refractivity contribution in [2.45, 2.75) is 0 Å². The minimum atomic E-state index is -0.326. The van der Waals surface area contributed by atoms with Crippen molar-refractivity contribution < 1.29 is 4.79 Å². The van der Waals surface area contributed by atoms with Crippen molar-refractivity contribution >= 4 is 5.91 Å². The summed E-state index contributed by atoms with van der Waals surface area (Å²) < 4.78 is 0. The van der Waals surface area contributed by atoms with Crippen LogP contribution in [0.2, 0.25) is 0 Å². The van der Waals surface area contributed by atoms with Gasteiger partial charge in [-0.2, -0.15) is 0 Å². The van der Waals surface area contributed by atoms with Crippen LogP contribution in [0.5, 0.6) is 0 Å². The molecular weight excluding hydrogens is 158 g/mol. The number of carbonyl (C=O) groups is 1. The van der Waals surface area contributed by atoms with E-state index in [0.717, 1.165) is 0 Å². The highest BCUT2D eigenvalue weighted by atomic mass is 16.2. The van der Waals surface area contributed by atoms with Gasteiger partial charge in [-0.3, -0.25) is 19.8 Å². The number of carbonyl (C=O) groups excluding carboxylic acids is 1. The molecule has 0 spiro atoms. The van der Waals surface area contributed by atoms with Crippen molar-refractivity contribution in [3.8, 4) is 0 Å². The largest absolute Gasteiger partial charge is 0.347 e. The number of rotatable bonds is 3. The minimum Gasteiger partial charge on any atom is -0.347 e. The molecule has 0 radical (unpaired) electrons. The lowest BCUT2D eigenvalue weighted by molar-refractivity contribution is 0.0953. The second-order valence-corrected chi connectivity index (χ2v) is 2.17. The monoisotopic (exact) mass is 167 g/mol. The summed E-state index contributed by atoms with van der Waals surface area (Å²) in [7, 11) is 0. The van der Waals surface area contributed by atoms with Gasteiger partial charge in [-0.15, -0.1) is 6.58 Å². The van der Waals surface area contributed by atoms with E-state index in [-0.39, 0.29) is 17.2 Å². The van der Waals surface area contributed by atoms with Gasteiger partial charge in [0.05, 0.1) is 0 Å². The summed E-state index contributed by atoms with van der Waals surface area (Å²) in [6, 6.07) is 1.19. The number of aromatic nitrogens is 2. The van der Waals surface area contributed by atoms with Gasteiger partial charge >= 0.3 is 0 Å². The second-order valence-electron chi connectivity index (χ2n) is 2.17. The van der Waals surface area contributed by atoms with Crippen molar-refractivity contribution in [3.63, 3.8) is 0 Å². The van der Waals surface area contributed by atoms with E-state index >= 15 is 0 Å². The standard InChI is InChI=1S/C7H9N3O2/c1-2-3-8-7(12)5-4-6(11)10-9-5/h2,4H,1,3H2,(H,8,12)(H2,9,10,11). The Morgan fingerprint density at radius 3 is 2.92 bits per heavy atom. The summed E-state index contributed by atoms with van der Waals surface area (Å²) >= 11 is 0. The van der Waals surface area contributed by atoms with Crippen LogP contribution in [0.1, 0.15) is 10.5 Å². The summed E-state index contributed by atoms with van der Waals surface area (Å²) in [5.74, 6) is -0.326. The maximum Gasteiger partial charge on any atom is 0.269 e. The normalized spacial score (nSPS) is 9.33. The first-order valence-electron chi connectivity index (χ1n) is 3.41. The van der Waals surface area contributed by atoms with Crippen molar-refractivity contribution in [3.05, 3.63) is 34.8 Å². The summed E-state index contributed by atoms with van der Waals surface area (Å²) in [6.45, 7) is 3.82. The molecule has 0 bridgehead atoms. The molecule has 0 saturated heterocycles. The molecule has 0 aromatic carbocycles. The molecule has 5 nitrogen and oxygen atoms in total. The zero-order chi connectivity index (χ0) is 8.97. The predicted octanol–water partition coefficient (Wildman–Crippen LogP) is -0.381. The Morgan fingerprint density at radius 1 is 1.67 bits per heavy atom. The molecule has 64 valence electrons. The summed E-state index contributed by atoms with van der Waals surface area (Å²) in [6.07, 6.45) is 1.56. The van der Waals surface area contributed by atoms with Gasteiger partial charge in [0.2, 0.25) is 0 Å². The van der Waals surface area contributed by atoms with E-state index in [2.05, 4.69) is 22.1 Å². The molecule has 12 heavy (non-hydrogen) atoms. The number of amides is 1. The van der Waals surface area contributed by atoms with Gasteiger partial charge in [-0.05, 0) is 0 Å². The Morgan fingerprint density at radius 2 is 2.42 bits per heavy atom. The van der Waals surface area contributed by atoms with Crippen LogP contribution in [-0.2, 0) is 0 Å². The molecule has 0 aliphatic rings. The van der Waals surface area contributed by atoms with Crippen molar-refractivity contribution in [2.24, 2.45) is 0 Å². The van der Waals surface area contributed by atoms with Crippen LogP contribution < -0.4 is 10.9 Å². The minimum absolute atomic E-state index is 0.224. The Labute approximate surface area is 68.5 Å². The second kappa shape index (κ2) is 3.56. The van der Waals surface area contributed by atoms with Gasteiger partial charge in [0, 0.05) is 12.6 Å². The Hall–Kier alpha value is -1.78. The number of hydrogen-bond donors (Lipinski definition) is 3. The first-order valence-corrected chi connectivity index (χ1v) is 3.41. The highest BCUT2D eigenvalue weighted by molar-refractivity contribution is 5.92. The van der Waals surface area contributed by atoms with E-state index in [9.17, 15) is 9.59 Å². The lowest BCUT2D eigenvalue weighted by Gasteiger charge is -1.96. The summed E-state index contributed by atoms with van der Waals surface area (Å²) in [5, 5.41) is 7.20. The van der Waals surface area contributed by atoms with Crippen LogP contribution in [0.25, 0.3) is 0 Å². The average molecular weight is 167 g/mol. The molecule has 1 aromatic heterocycles. The predicted molar refractivity (Wildman–Crippen MR) is 43.9 cm³/mol. The molecule has 5 heteroatoms. The Balaban J connectivity index is 2.65. The lowest BCUT2D eigenvalue weighted by Crippen LogP contribution is -2.23. The van der Waals surface area contributed by atoms with E-state index in [0.29, 0.717) is 6.54 Å². The van der Waals surface area contributed by atoms with E-state index in [1.54, 1.807) is 6.08 Å². The van der Waals surface area contributed by atoms with Crippen molar-refractivity contribution in [2.75, 3.05) is 6.54 Å². The van der Waals surface area contributed by atoms with Crippen molar-refractivity contribution in [1.29, 1.82) is 0 Å². The van der Waals surface area contributed by atoms with Crippen LogP contribution in [0.3, 0.4) is 0 Å². The van der Waals surface area contributed by atoms with Gasteiger partial charge in [0.15, 0.2) is 0 Å². The zero-order valence-corrected chi connectivity index (χ0v) is 6.39. The maximum atomic E-state index is 11.1. The van der Waals surface area contributed by atoms with Crippen LogP contribution in [0.15, 0.2) is 23.5 Å². The number of hydrogen-bond acceptors (Lipinski definition) is 2. The highest BCUT2D eigenvalue weighted by Gasteiger charge is 2.05. The molecule has 1 amide bonds. The van der Waals surface area contributed by atoms with Gasteiger partial charge < -0.3 is 5.32 Å². The smallest absolute Gasteiger partial charge is 0.269 e. The number of nitrogens with one attached hydrogen (secondary N) is 3. The van der Waals surface area contributed by atoms with Crippen LogP contribution >= 0.6 is 0 Å². The lowest BCUT2D eigenvalue weighted by atomic mass is 10.4. The van der Waals surface area contributed by atoms with E-state index < -0.39 is 0 Å². The molecule has 0 fully saturated rings. The molecule has 0 aliphatic carbocycles. The molecule has 1 rings (SSSR count). The molecule has 0 aliphatic heterocycles. The third-order valence-corrected chi connectivity index (χ3v) is 1.25. The molecule has 3 N–H and O–H groups in total. The first kappa shape index (κ1) is 8.32. The SMILES string of the molecule is C=CCNC(=O)c1cc(=O)[nH][nH]1. The average Bonchev–Trinajstić information content (AvgIpc) is 2.47. The molecule has 0 saturated carbocycles. The molecule has 0 atom stereocenters. The van der Waals surface area contributed by atoms with Gasteiger partial charge in [-0.1, -0.05) is 6.08 Å². The first-order chi connectivity index (χ1) is 5.74. The summed E-state index contributed by atoms with van der Waals surface area (Å²) in [5.41, 5.74) is -0.0967. The van der Waals surface area contributed by atoms with Gasteiger partial charge in [-0.25, -0.2) is 0 Å². The van der Waals surface area contributed by atoms with Gasteiger partial charge in [0.1, 0.15) is 5.69 Å². The summed E-state index contributed by atoms with van der Waals surface area (Å²) in [4.78, 5) is 21.6. The van der Waals surface area contributed by atoms with Crippen LogP contribution in [-0.4, -0.2) is 22.6 Å². The molecule has 0 unspecified atom stereocenters. The van der Waals surface area contributed by atoms with Gasteiger partial charge in [0.25, 0.3) is 11.5 Å². The van der Waals surface area contributed by atoms with E-state index in [1.165, 1.54) is 6.07 Å². The number of aromatic amines is 2. The van der Waals surface area contributed by atoms with E-state index in [1.807, 2.05) is 0 Å². The molecule has 1 heterocycles. The zero-order valence-electron chi connectivity index (χ0n) is 6.39. The molecule has 1 aromatic rings. The highest BCUT2D eigenvalue weighted by Crippen LogP contribution is 1.85. The molecular formula is C7H9N3O2. The Kier molecular flexibility index (Phi) is 2.47. The third-order valence-electron chi connectivity index (χ3n) is 1.25. The fraction of sp³-hybridized carbons (Fsp3) is 0.143. The Bertz CT molecular complexity index is 336. The van der Waals surface area contributed by atoms with Crippen LogP contribution in [0.4, 0.5) is 0 Å². The topological polar surface area (TPSA) is 77.8 Å². The van der Waals surface area contributed by atoms with Crippen LogP contribution in [0, 0.1) is 0 Å². The van der Waals surface area contributed by atoms with Crippen molar-refractivity contribution in [1.82, 2.24) is 15.5 Å².